The molecule has 192 valence electrons. The largest absolute Gasteiger partial charge is 0.507 e. The molecule has 0 heterocycles. The molecular formula is C29H34O7. The van der Waals surface area contributed by atoms with Crippen LogP contribution in [0.25, 0.3) is 0 Å². The van der Waals surface area contributed by atoms with Gasteiger partial charge in [0, 0.05) is 12.3 Å². The van der Waals surface area contributed by atoms with E-state index in [0.717, 1.165) is 18.9 Å². The van der Waals surface area contributed by atoms with Crippen molar-refractivity contribution in [1.29, 1.82) is 0 Å². The van der Waals surface area contributed by atoms with Crippen LogP contribution in [-0.2, 0) is 32.0 Å². The van der Waals surface area contributed by atoms with E-state index in [0.29, 0.717) is 29.9 Å². The van der Waals surface area contributed by atoms with E-state index in [1.54, 1.807) is 0 Å². The van der Waals surface area contributed by atoms with Gasteiger partial charge >= 0.3 is 0 Å². The molecule has 4 aliphatic rings. The zero-order chi connectivity index (χ0) is 25.9. The number of hydrogen-bond donors (Lipinski definition) is 2. The maximum Gasteiger partial charge on any atom is 0.190 e. The van der Waals surface area contributed by atoms with Crippen molar-refractivity contribution in [3.8, 4) is 5.75 Å². The predicted molar refractivity (Wildman–Crippen MR) is 130 cm³/mol. The molecule has 3 fully saturated rings. The highest BCUT2D eigenvalue weighted by Crippen LogP contribution is 2.50. The fourth-order valence-corrected chi connectivity index (χ4v) is 7.44. The minimum atomic E-state index is -2.53. The lowest BCUT2D eigenvalue weighted by molar-refractivity contribution is -0.175. The Morgan fingerprint density at radius 2 is 1.75 bits per heavy atom. The number of phenols is 1. The zero-order valence-corrected chi connectivity index (χ0v) is 21.0. The summed E-state index contributed by atoms with van der Waals surface area (Å²) in [5.41, 5.74) is -0.114. The van der Waals surface area contributed by atoms with Gasteiger partial charge in [-0.25, -0.2) is 0 Å². The van der Waals surface area contributed by atoms with Crippen molar-refractivity contribution in [3.63, 3.8) is 0 Å². The van der Waals surface area contributed by atoms with Crippen LogP contribution in [0.4, 0.5) is 0 Å². The van der Waals surface area contributed by atoms with Gasteiger partial charge in [-0.2, -0.15) is 0 Å². The molecule has 36 heavy (non-hydrogen) atoms. The standard InChI is InChI=1S/C29H34O7/c1-14-10-17(9-8-16-6-4-3-5-7-16)25(32)24-20(14)12-18-11-19-13-21(31)22(15(2)30)27(34)29(19,36)28(35)23(18)26(24)33/h10,16,18-19,22-23,32,36H,3-9,11-13H2,1-2H3. The Bertz CT molecular complexity index is 1170. The molecule has 0 aliphatic heterocycles. The minimum Gasteiger partial charge on any atom is -0.507 e. The summed E-state index contributed by atoms with van der Waals surface area (Å²) in [6.45, 7) is 3.00. The molecule has 0 aromatic heterocycles. The van der Waals surface area contributed by atoms with Crippen molar-refractivity contribution in [1.82, 2.24) is 0 Å². The molecule has 0 bridgehead atoms. The van der Waals surface area contributed by atoms with Crippen molar-refractivity contribution in [2.45, 2.75) is 83.7 Å². The first-order chi connectivity index (χ1) is 17.1. The second-order valence-electron chi connectivity index (χ2n) is 11.5. The van der Waals surface area contributed by atoms with Crippen LogP contribution in [0.15, 0.2) is 6.07 Å². The lowest BCUT2D eigenvalue weighted by Crippen LogP contribution is -2.67. The van der Waals surface area contributed by atoms with E-state index in [-0.39, 0.29) is 24.2 Å². The van der Waals surface area contributed by atoms with Crippen LogP contribution >= 0.6 is 0 Å². The summed E-state index contributed by atoms with van der Waals surface area (Å²) in [5, 5.41) is 22.5. The number of Topliss-reactive ketones (excluding diaryl/α,β-unsaturated/α-hetero) is 5. The molecule has 0 saturated heterocycles. The van der Waals surface area contributed by atoms with Crippen LogP contribution in [0, 0.1) is 36.5 Å². The van der Waals surface area contributed by atoms with E-state index in [1.807, 2.05) is 13.0 Å². The normalized spacial score (nSPS) is 32.6. The number of rotatable bonds is 4. The monoisotopic (exact) mass is 494 g/mol. The minimum absolute atomic E-state index is 0.0940. The SMILES string of the molecule is CC(=O)C1C(=O)CC2CC3Cc4c(C)cc(CCC5CCCCC5)c(O)c4C(=O)C3C(=O)C2(O)C1=O. The fourth-order valence-electron chi connectivity index (χ4n) is 7.44. The van der Waals surface area contributed by atoms with E-state index in [1.165, 1.54) is 32.1 Å². The zero-order valence-electron chi connectivity index (χ0n) is 21.0. The van der Waals surface area contributed by atoms with Gasteiger partial charge in [0.2, 0.25) is 0 Å². The number of benzene rings is 1. The third-order valence-corrected chi connectivity index (χ3v) is 9.37. The van der Waals surface area contributed by atoms with Crippen molar-refractivity contribution in [2.75, 3.05) is 0 Å². The Balaban J connectivity index is 1.48. The van der Waals surface area contributed by atoms with Crippen molar-refractivity contribution < 1.29 is 34.2 Å². The lowest BCUT2D eigenvalue weighted by Gasteiger charge is -2.48. The van der Waals surface area contributed by atoms with E-state index in [2.05, 4.69) is 0 Å². The Kier molecular flexibility index (Phi) is 6.26. The summed E-state index contributed by atoms with van der Waals surface area (Å²) in [4.78, 5) is 65.0. The summed E-state index contributed by atoms with van der Waals surface area (Å²) in [6, 6.07) is 1.94. The molecule has 1 aromatic carbocycles. The first kappa shape index (κ1) is 25.0. The van der Waals surface area contributed by atoms with E-state index in [9.17, 15) is 34.2 Å². The number of carbonyl (C=O) groups is 5. The number of ketones is 5. The molecule has 5 unspecified atom stereocenters. The molecule has 7 heteroatoms. The quantitative estimate of drug-likeness (QED) is 0.616. The summed E-state index contributed by atoms with van der Waals surface area (Å²) in [7, 11) is 0. The second kappa shape index (κ2) is 9.02. The first-order valence-corrected chi connectivity index (χ1v) is 13.3. The molecule has 5 rings (SSSR count). The molecule has 4 aliphatic carbocycles. The average molecular weight is 495 g/mol. The van der Waals surface area contributed by atoms with Crippen LogP contribution in [0.2, 0.25) is 0 Å². The van der Waals surface area contributed by atoms with Crippen LogP contribution in [0.5, 0.6) is 5.75 Å². The van der Waals surface area contributed by atoms with Crippen LogP contribution < -0.4 is 0 Å². The van der Waals surface area contributed by atoms with Gasteiger partial charge in [0.25, 0.3) is 0 Å². The summed E-state index contributed by atoms with van der Waals surface area (Å²) in [6.07, 6.45) is 7.92. The van der Waals surface area contributed by atoms with Crippen molar-refractivity contribution in [2.24, 2.45) is 29.6 Å². The van der Waals surface area contributed by atoms with Gasteiger partial charge in [0.15, 0.2) is 28.7 Å². The van der Waals surface area contributed by atoms with Gasteiger partial charge in [-0.3, -0.25) is 24.0 Å². The highest BCUT2D eigenvalue weighted by atomic mass is 16.3. The van der Waals surface area contributed by atoms with E-state index < -0.39 is 58.2 Å². The van der Waals surface area contributed by atoms with Gasteiger partial charge in [0.1, 0.15) is 17.5 Å². The van der Waals surface area contributed by atoms with Crippen LogP contribution in [0.1, 0.15) is 85.3 Å². The summed E-state index contributed by atoms with van der Waals surface area (Å²) in [5.74, 6) is -7.71. The van der Waals surface area contributed by atoms with Gasteiger partial charge in [-0.1, -0.05) is 38.2 Å². The van der Waals surface area contributed by atoms with Gasteiger partial charge in [-0.15, -0.1) is 0 Å². The average Bonchev–Trinajstić information content (AvgIpc) is 2.83. The molecular weight excluding hydrogens is 460 g/mol. The topological polar surface area (TPSA) is 126 Å². The van der Waals surface area contributed by atoms with Crippen LogP contribution in [-0.4, -0.2) is 44.7 Å². The number of carbonyl (C=O) groups excluding carboxylic acids is 5. The van der Waals surface area contributed by atoms with Gasteiger partial charge in [-0.05, 0) is 68.1 Å². The Morgan fingerprint density at radius 1 is 1.06 bits per heavy atom. The molecule has 1 aromatic rings. The summed E-state index contributed by atoms with van der Waals surface area (Å²) < 4.78 is 0. The highest BCUT2D eigenvalue weighted by molar-refractivity contribution is 6.31. The van der Waals surface area contributed by atoms with E-state index in [4.69, 9.17) is 0 Å². The first-order valence-electron chi connectivity index (χ1n) is 13.3. The fraction of sp³-hybridized carbons (Fsp3) is 0.621. The third kappa shape index (κ3) is 3.69. The highest BCUT2D eigenvalue weighted by Gasteiger charge is 2.65. The summed E-state index contributed by atoms with van der Waals surface area (Å²) >= 11 is 0. The van der Waals surface area contributed by atoms with E-state index >= 15 is 0 Å². The number of fused-ring (bicyclic) bond motifs is 3. The van der Waals surface area contributed by atoms with Crippen molar-refractivity contribution >= 4 is 28.9 Å². The van der Waals surface area contributed by atoms with Crippen molar-refractivity contribution in [3.05, 3.63) is 28.3 Å². The lowest BCUT2D eigenvalue weighted by atomic mass is 9.53. The second-order valence-corrected chi connectivity index (χ2v) is 11.5. The third-order valence-electron chi connectivity index (χ3n) is 9.37. The van der Waals surface area contributed by atoms with Gasteiger partial charge in [0.05, 0.1) is 11.5 Å². The Labute approximate surface area is 210 Å². The van der Waals surface area contributed by atoms with Crippen LogP contribution in [0.3, 0.4) is 0 Å². The smallest absolute Gasteiger partial charge is 0.190 e. The molecule has 5 atom stereocenters. The maximum absolute atomic E-state index is 13.8. The molecule has 0 radical (unpaired) electrons. The molecule has 2 N–H and O–H groups in total. The number of aliphatic hydroxyl groups is 1. The number of aryl methyl sites for hydroxylation is 2. The number of hydrogen-bond acceptors (Lipinski definition) is 7. The molecule has 3 saturated carbocycles. The van der Waals surface area contributed by atoms with Gasteiger partial charge < -0.3 is 10.2 Å². The number of phenolic OH excluding ortho intramolecular Hbond substituents is 1. The number of aromatic hydroxyl groups is 1. The molecule has 0 amide bonds. The predicted octanol–water partition coefficient (Wildman–Crippen LogP) is 3.25. The molecule has 0 spiro atoms. The Hall–Kier alpha value is -2.67. The Morgan fingerprint density at radius 3 is 2.42 bits per heavy atom. The molecule has 7 nitrogen and oxygen atoms in total. The maximum atomic E-state index is 13.8.